The van der Waals surface area contributed by atoms with Crippen molar-refractivity contribution in [3.8, 4) is 0 Å². The van der Waals surface area contributed by atoms with Crippen LogP contribution in [0.25, 0.3) is 0 Å². The maximum Gasteiger partial charge on any atom is 0.417 e. The highest BCUT2D eigenvalue weighted by molar-refractivity contribution is 6.33. The average molecular weight is 473 g/mol. The van der Waals surface area contributed by atoms with E-state index < -0.39 is 23.5 Å². The van der Waals surface area contributed by atoms with Crippen LogP contribution in [-0.2, 0) is 11.0 Å². The zero-order chi connectivity index (χ0) is 23.3. The van der Waals surface area contributed by atoms with Crippen molar-refractivity contribution in [3.05, 3.63) is 58.5 Å². The molecule has 1 saturated heterocycles. The van der Waals surface area contributed by atoms with Crippen LogP contribution in [0.1, 0.15) is 28.8 Å². The van der Waals surface area contributed by atoms with Gasteiger partial charge in [0.2, 0.25) is 5.91 Å². The summed E-state index contributed by atoms with van der Waals surface area (Å²) in [7, 11) is 0. The first kappa shape index (κ1) is 23.8. The largest absolute Gasteiger partial charge is 0.417 e. The summed E-state index contributed by atoms with van der Waals surface area (Å²) in [6.07, 6.45) is -2.82. The fourth-order valence-electron chi connectivity index (χ4n) is 3.42. The molecule has 6 nitrogen and oxygen atoms in total. The molecule has 0 bridgehead atoms. The van der Waals surface area contributed by atoms with E-state index in [1.807, 2.05) is 0 Å². The van der Waals surface area contributed by atoms with Gasteiger partial charge in [0.15, 0.2) is 0 Å². The number of pyridine rings is 1. The summed E-state index contributed by atoms with van der Waals surface area (Å²) in [6.45, 7) is 1.16. The Labute approximate surface area is 186 Å². The maximum atomic E-state index is 13.6. The Hall–Kier alpha value is -2.88. The van der Waals surface area contributed by atoms with Crippen molar-refractivity contribution in [2.24, 2.45) is 5.92 Å². The van der Waals surface area contributed by atoms with E-state index in [2.05, 4.69) is 15.6 Å². The number of hydrogen-bond acceptors (Lipinski definition) is 4. The molecule has 172 valence electrons. The SMILES string of the molecule is O=C(NCCNC(=O)C1CCN(c2ncc(C(F)(F)F)cc2Cl)CC1)c1ccccc1F. The van der Waals surface area contributed by atoms with Crippen molar-refractivity contribution < 1.29 is 27.2 Å². The van der Waals surface area contributed by atoms with Crippen LogP contribution in [-0.4, -0.2) is 43.0 Å². The number of alkyl halides is 3. The highest BCUT2D eigenvalue weighted by Gasteiger charge is 2.33. The van der Waals surface area contributed by atoms with Crippen molar-refractivity contribution in [2.75, 3.05) is 31.1 Å². The van der Waals surface area contributed by atoms with E-state index >= 15 is 0 Å². The lowest BCUT2D eigenvalue weighted by atomic mass is 9.96. The monoisotopic (exact) mass is 472 g/mol. The summed E-state index contributed by atoms with van der Waals surface area (Å²) in [5, 5.41) is 5.18. The van der Waals surface area contributed by atoms with Gasteiger partial charge < -0.3 is 15.5 Å². The molecule has 2 heterocycles. The molecule has 11 heteroatoms. The first-order chi connectivity index (χ1) is 15.2. The molecular formula is C21H21ClF4N4O2. The third kappa shape index (κ3) is 5.87. The molecule has 1 aromatic carbocycles. The molecule has 3 rings (SSSR count). The topological polar surface area (TPSA) is 74.3 Å². The van der Waals surface area contributed by atoms with Gasteiger partial charge in [0.1, 0.15) is 11.6 Å². The predicted octanol–water partition coefficient (Wildman–Crippen LogP) is 3.66. The van der Waals surface area contributed by atoms with Gasteiger partial charge in [-0.1, -0.05) is 23.7 Å². The van der Waals surface area contributed by atoms with E-state index in [1.54, 1.807) is 11.0 Å². The van der Waals surface area contributed by atoms with E-state index in [9.17, 15) is 27.2 Å². The summed E-state index contributed by atoms with van der Waals surface area (Å²) >= 11 is 5.99. The summed E-state index contributed by atoms with van der Waals surface area (Å²) in [5.74, 6) is -1.39. The zero-order valence-electron chi connectivity index (χ0n) is 16.9. The first-order valence-electron chi connectivity index (χ1n) is 9.95. The van der Waals surface area contributed by atoms with E-state index in [0.717, 1.165) is 12.3 Å². The molecule has 2 N–H and O–H groups in total. The number of anilines is 1. The van der Waals surface area contributed by atoms with Crippen molar-refractivity contribution in [1.82, 2.24) is 15.6 Å². The van der Waals surface area contributed by atoms with E-state index in [0.29, 0.717) is 25.9 Å². The Balaban J connectivity index is 1.43. The quantitative estimate of drug-likeness (QED) is 0.497. The second-order valence-electron chi connectivity index (χ2n) is 7.32. The van der Waals surface area contributed by atoms with E-state index in [1.165, 1.54) is 18.2 Å². The van der Waals surface area contributed by atoms with Gasteiger partial charge in [-0.25, -0.2) is 9.37 Å². The fourth-order valence-corrected chi connectivity index (χ4v) is 3.70. The molecule has 0 spiro atoms. The molecule has 0 aliphatic carbocycles. The number of halogens is 5. The molecule has 1 fully saturated rings. The van der Waals surface area contributed by atoms with Crippen molar-refractivity contribution in [2.45, 2.75) is 19.0 Å². The summed E-state index contributed by atoms with van der Waals surface area (Å²) in [5.41, 5.74) is -0.982. The Morgan fingerprint density at radius 1 is 1.12 bits per heavy atom. The molecule has 0 saturated carbocycles. The molecule has 1 aliphatic rings. The van der Waals surface area contributed by atoms with Crippen LogP contribution >= 0.6 is 11.6 Å². The van der Waals surface area contributed by atoms with E-state index in [-0.39, 0.29) is 41.3 Å². The lowest BCUT2D eigenvalue weighted by Crippen LogP contribution is -2.43. The van der Waals surface area contributed by atoms with Crippen LogP contribution in [0.5, 0.6) is 0 Å². The Morgan fingerprint density at radius 3 is 2.41 bits per heavy atom. The van der Waals surface area contributed by atoms with Crippen LogP contribution in [0, 0.1) is 11.7 Å². The summed E-state index contributed by atoms with van der Waals surface area (Å²) < 4.78 is 51.9. The van der Waals surface area contributed by atoms with Crippen LogP contribution in [0.2, 0.25) is 5.02 Å². The molecule has 2 aromatic rings. The number of benzene rings is 1. The number of nitrogens with one attached hydrogen (secondary N) is 2. The van der Waals surface area contributed by atoms with Gasteiger partial charge in [-0.05, 0) is 31.0 Å². The molecule has 0 unspecified atom stereocenters. The second kappa shape index (κ2) is 10.2. The summed E-state index contributed by atoms with van der Waals surface area (Å²) in [4.78, 5) is 29.9. The number of carbonyl (C=O) groups excluding carboxylic acids is 2. The van der Waals surface area contributed by atoms with Crippen LogP contribution in [0.3, 0.4) is 0 Å². The van der Waals surface area contributed by atoms with Gasteiger partial charge in [-0.2, -0.15) is 13.2 Å². The minimum absolute atomic E-state index is 0.0678. The lowest BCUT2D eigenvalue weighted by Gasteiger charge is -2.32. The number of hydrogen-bond donors (Lipinski definition) is 2. The van der Waals surface area contributed by atoms with Crippen molar-refractivity contribution in [3.63, 3.8) is 0 Å². The van der Waals surface area contributed by atoms with Crippen molar-refractivity contribution >= 4 is 29.2 Å². The van der Waals surface area contributed by atoms with Crippen molar-refractivity contribution in [1.29, 1.82) is 0 Å². The Bertz CT molecular complexity index is 979. The lowest BCUT2D eigenvalue weighted by molar-refractivity contribution is -0.137. The van der Waals surface area contributed by atoms with Gasteiger partial charge >= 0.3 is 6.18 Å². The third-order valence-corrected chi connectivity index (χ3v) is 5.42. The fraction of sp³-hybridized carbons (Fsp3) is 0.381. The molecule has 0 atom stereocenters. The zero-order valence-corrected chi connectivity index (χ0v) is 17.6. The van der Waals surface area contributed by atoms with Gasteiger partial charge in [0.05, 0.1) is 16.1 Å². The number of rotatable bonds is 6. The smallest absolute Gasteiger partial charge is 0.355 e. The number of piperidine rings is 1. The van der Waals surface area contributed by atoms with Gasteiger partial charge in [0, 0.05) is 38.3 Å². The number of amides is 2. The predicted molar refractivity (Wildman–Crippen MR) is 111 cm³/mol. The highest BCUT2D eigenvalue weighted by atomic mass is 35.5. The van der Waals surface area contributed by atoms with Gasteiger partial charge in [-0.3, -0.25) is 9.59 Å². The third-order valence-electron chi connectivity index (χ3n) is 5.14. The second-order valence-corrected chi connectivity index (χ2v) is 7.72. The summed E-state index contributed by atoms with van der Waals surface area (Å²) in [6, 6.07) is 6.45. The molecular weight excluding hydrogens is 452 g/mol. The molecule has 1 aromatic heterocycles. The number of carbonyl (C=O) groups is 2. The normalized spacial score (nSPS) is 14.8. The standard InChI is InChI=1S/C21H21ClF4N4O2/c22-16-11-14(21(24,25)26)12-29-18(16)30-9-5-13(6-10-30)19(31)27-7-8-28-20(32)15-3-1-2-4-17(15)23/h1-4,11-13H,5-10H2,(H,27,31)(H,28,32). The minimum atomic E-state index is -4.52. The minimum Gasteiger partial charge on any atom is -0.355 e. The molecule has 1 aliphatic heterocycles. The van der Waals surface area contributed by atoms with E-state index in [4.69, 9.17) is 11.6 Å². The van der Waals surface area contributed by atoms with Crippen LogP contribution < -0.4 is 15.5 Å². The van der Waals surface area contributed by atoms with Gasteiger partial charge in [0.25, 0.3) is 5.91 Å². The Kier molecular flexibility index (Phi) is 7.55. The number of nitrogens with zero attached hydrogens (tertiary/aromatic N) is 2. The van der Waals surface area contributed by atoms with Gasteiger partial charge in [-0.15, -0.1) is 0 Å². The molecule has 2 amide bonds. The average Bonchev–Trinajstić information content (AvgIpc) is 2.76. The first-order valence-corrected chi connectivity index (χ1v) is 10.3. The highest BCUT2D eigenvalue weighted by Crippen LogP contribution is 2.34. The number of aromatic nitrogens is 1. The van der Waals surface area contributed by atoms with Crippen LogP contribution in [0.4, 0.5) is 23.4 Å². The van der Waals surface area contributed by atoms with Crippen LogP contribution in [0.15, 0.2) is 36.5 Å². The maximum absolute atomic E-state index is 13.6. The molecule has 0 radical (unpaired) electrons. The Morgan fingerprint density at radius 2 is 1.78 bits per heavy atom. The molecule has 32 heavy (non-hydrogen) atoms.